The minimum atomic E-state index is -0.406. The normalized spacial score (nSPS) is 10.7. The summed E-state index contributed by atoms with van der Waals surface area (Å²) in [5, 5.41) is 0.300. The largest absolute Gasteiger partial charge is 0.457 e. The van der Waals surface area contributed by atoms with E-state index in [9.17, 15) is 4.79 Å². The third-order valence-electron chi connectivity index (χ3n) is 2.96. The van der Waals surface area contributed by atoms with Crippen LogP contribution < -0.4 is 0 Å². The Morgan fingerprint density at radius 1 is 1.33 bits per heavy atom. The van der Waals surface area contributed by atoms with Gasteiger partial charge < -0.3 is 4.74 Å². The second kappa shape index (κ2) is 7.05. The van der Waals surface area contributed by atoms with Gasteiger partial charge in [0, 0.05) is 15.7 Å². The molecule has 1 aromatic heterocycles. The van der Waals surface area contributed by atoms with Crippen molar-refractivity contribution < 1.29 is 9.53 Å². The van der Waals surface area contributed by atoms with Gasteiger partial charge in [-0.15, -0.1) is 0 Å². The van der Waals surface area contributed by atoms with E-state index >= 15 is 0 Å². The molecule has 0 amide bonds. The minimum absolute atomic E-state index is 0.193. The summed E-state index contributed by atoms with van der Waals surface area (Å²) in [6.45, 7) is 4.20. The molecule has 21 heavy (non-hydrogen) atoms. The van der Waals surface area contributed by atoms with Crippen molar-refractivity contribution in [2.24, 2.45) is 0 Å². The van der Waals surface area contributed by atoms with E-state index < -0.39 is 5.97 Å². The topological polar surface area (TPSA) is 39.2 Å². The molecule has 0 aliphatic rings. The molecule has 2 aromatic rings. The van der Waals surface area contributed by atoms with Crippen molar-refractivity contribution in [2.75, 3.05) is 0 Å². The number of aromatic nitrogens is 1. The molecule has 110 valence electrons. The smallest absolute Gasteiger partial charge is 0.338 e. The van der Waals surface area contributed by atoms with Crippen molar-refractivity contribution in [2.45, 2.75) is 26.4 Å². The Kier molecular flexibility index (Phi) is 5.37. The summed E-state index contributed by atoms with van der Waals surface area (Å²) in [7, 11) is 0. The number of ether oxygens (including phenoxy) is 1. The van der Waals surface area contributed by atoms with Gasteiger partial charge >= 0.3 is 5.97 Å². The number of carbonyl (C=O) groups is 1. The first-order chi connectivity index (χ1) is 9.97. The molecule has 0 atom stereocenters. The van der Waals surface area contributed by atoms with Crippen molar-refractivity contribution in [3.05, 3.63) is 62.8 Å². The molecule has 3 nitrogen and oxygen atoms in total. The van der Waals surface area contributed by atoms with Crippen molar-refractivity contribution in [3.8, 4) is 0 Å². The van der Waals surface area contributed by atoms with Crippen LogP contribution >= 0.6 is 27.5 Å². The quantitative estimate of drug-likeness (QED) is 0.564. The van der Waals surface area contributed by atoms with E-state index in [2.05, 4.69) is 20.9 Å². The fourth-order valence-electron chi connectivity index (χ4n) is 1.77. The SMILES string of the molecule is CC(C)c1cc(C(=O)OCc2ccccc2Br)cc(Cl)n1. The number of pyridine rings is 1. The number of nitrogens with zero attached hydrogens (tertiary/aromatic N) is 1. The first kappa shape index (κ1) is 16.0. The van der Waals surface area contributed by atoms with Gasteiger partial charge in [0.25, 0.3) is 0 Å². The lowest BCUT2D eigenvalue weighted by Crippen LogP contribution is -2.07. The first-order valence-electron chi connectivity index (χ1n) is 6.55. The summed E-state index contributed by atoms with van der Waals surface area (Å²) in [5.74, 6) is -0.213. The average molecular weight is 369 g/mol. The van der Waals surface area contributed by atoms with E-state index in [1.165, 1.54) is 6.07 Å². The number of rotatable bonds is 4. The Labute approximate surface area is 137 Å². The molecule has 1 heterocycles. The lowest BCUT2D eigenvalue weighted by molar-refractivity contribution is 0.0471. The number of carbonyl (C=O) groups excluding carboxylic acids is 1. The van der Waals surface area contributed by atoms with E-state index in [4.69, 9.17) is 16.3 Å². The highest BCUT2D eigenvalue weighted by Gasteiger charge is 2.13. The standard InChI is InChI=1S/C16H15BrClNO2/c1-10(2)14-7-12(8-15(18)19-14)16(20)21-9-11-5-3-4-6-13(11)17/h3-8,10H,9H2,1-2H3. The summed E-state index contributed by atoms with van der Waals surface area (Å²) in [5.41, 5.74) is 2.11. The molecule has 0 aliphatic heterocycles. The molecule has 0 radical (unpaired) electrons. The number of halogens is 2. The van der Waals surface area contributed by atoms with Crippen LogP contribution in [0.1, 0.15) is 41.4 Å². The van der Waals surface area contributed by atoms with Crippen molar-refractivity contribution >= 4 is 33.5 Å². The summed E-state index contributed by atoms with van der Waals surface area (Å²) in [4.78, 5) is 16.3. The lowest BCUT2D eigenvalue weighted by atomic mass is 10.1. The van der Waals surface area contributed by atoms with E-state index in [1.54, 1.807) is 6.07 Å². The number of benzene rings is 1. The highest BCUT2D eigenvalue weighted by Crippen LogP contribution is 2.20. The van der Waals surface area contributed by atoms with Crippen LogP contribution in [0.2, 0.25) is 5.15 Å². The maximum Gasteiger partial charge on any atom is 0.338 e. The average Bonchev–Trinajstić information content (AvgIpc) is 2.45. The lowest BCUT2D eigenvalue weighted by Gasteiger charge is -2.09. The third kappa shape index (κ3) is 4.29. The predicted molar refractivity (Wildman–Crippen MR) is 86.6 cm³/mol. The van der Waals surface area contributed by atoms with Gasteiger partial charge in [0.15, 0.2) is 0 Å². The Morgan fingerprint density at radius 3 is 2.71 bits per heavy atom. The van der Waals surface area contributed by atoms with Gasteiger partial charge in [-0.25, -0.2) is 9.78 Å². The van der Waals surface area contributed by atoms with Crippen LogP contribution in [0.25, 0.3) is 0 Å². The molecule has 0 unspecified atom stereocenters. The zero-order valence-electron chi connectivity index (χ0n) is 11.8. The molecule has 5 heteroatoms. The Balaban J connectivity index is 2.12. The van der Waals surface area contributed by atoms with E-state index in [-0.39, 0.29) is 12.5 Å². The Morgan fingerprint density at radius 2 is 2.05 bits per heavy atom. The molecule has 1 aromatic carbocycles. The fraction of sp³-hybridized carbons (Fsp3) is 0.250. The van der Waals surface area contributed by atoms with Gasteiger partial charge in [-0.05, 0) is 24.1 Å². The van der Waals surface area contributed by atoms with Crippen LogP contribution in [-0.2, 0) is 11.3 Å². The van der Waals surface area contributed by atoms with Crippen LogP contribution in [0.3, 0.4) is 0 Å². The van der Waals surface area contributed by atoms with Crippen molar-refractivity contribution in [1.82, 2.24) is 4.98 Å². The summed E-state index contributed by atoms with van der Waals surface area (Å²) >= 11 is 9.38. The van der Waals surface area contributed by atoms with Gasteiger partial charge in [0.1, 0.15) is 11.8 Å². The van der Waals surface area contributed by atoms with Gasteiger partial charge in [-0.3, -0.25) is 0 Å². The second-order valence-corrected chi connectivity index (χ2v) is 6.17. The molecular weight excluding hydrogens is 354 g/mol. The molecule has 0 saturated carbocycles. The van der Waals surface area contributed by atoms with Crippen LogP contribution in [-0.4, -0.2) is 11.0 Å². The molecule has 2 rings (SSSR count). The maximum absolute atomic E-state index is 12.1. The van der Waals surface area contributed by atoms with Gasteiger partial charge in [-0.1, -0.05) is 59.6 Å². The summed E-state index contributed by atoms with van der Waals surface area (Å²) in [6, 6.07) is 10.9. The van der Waals surface area contributed by atoms with Crippen molar-refractivity contribution in [1.29, 1.82) is 0 Å². The number of esters is 1. The number of hydrogen-bond acceptors (Lipinski definition) is 3. The molecular formula is C16H15BrClNO2. The molecule has 0 N–H and O–H groups in total. The first-order valence-corrected chi connectivity index (χ1v) is 7.72. The third-order valence-corrected chi connectivity index (χ3v) is 3.92. The predicted octanol–water partition coefficient (Wildman–Crippen LogP) is 4.98. The monoisotopic (exact) mass is 367 g/mol. The molecule has 0 aliphatic carbocycles. The van der Waals surface area contributed by atoms with E-state index in [0.717, 1.165) is 15.7 Å². The van der Waals surface area contributed by atoms with E-state index in [0.29, 0.717) is 10.7 Å². The fourth-order valence-corrected chi connectivity index (χ4v) is 2.39. The maximum atomic E-state index is 12.1. The van der Waals surface area contributed by atoms with Gasteiger partial charge in [-0.2, -0.15) is 0 Å². The number of hydrogen-bond donors (Lipinski definition) is 0. The summed E-state index contributed by atoms with van der Waals surface area (Å²) in [6.07, 6.45) is 0. The molecule has 0 fully saturated rings. The van der Waals surface area contributed by atoms with Gasteiger partial charge in [0.05, 0.1) is 5.56 Å². The Hall–Kier alpha value is -1.39. The van der Waals surface area contributed by atoms with Crippen molar-refractivity contribution in [3.63, 3.8) is 0 Å². The highest BCUT2D eigenvalue weighted by atomic mass is 79.9. The van der Waals surface area contributed by atoms with Crippen LogP contribution in [0, 0.1) is 0 Å². The zero-order chi connectivity index (χ0) is 15.4. The van der Waals surface area contributed by atoms with Crippen LogP contribution in [0.15, 0.2) is 40.9 Å². The van der Waals surface area contributed by atoms with E-state index in [1.807, 2.05) is 38.1 Å². The van der Waals surface area contributed by atoms with Gasteiger partial charge in [0.2, 0.25) is 0 Å². The molecule has 0 saturated heterocycles. The molecule has 0 spiro atoms. The molecule has 0 bridgehead atoms. The van der Waals surface area contributed by atoms with Crippen LogP contribution in [0.4, 0.5) is 0 Å². The zero-order valence-corrected chi connectivity index (χ0v) is 14.1. The second-order valence-electron chi connectivity index (χ2n) is 4.93. The minimum Gasteiger partial charge on any atom is -0.457 e. The van der Waals surface area contributed by atoms with Crippen LogP contribution in [0.5, 0.6) is 0 Å². The summed E-state index contributed by atoms with van der Waals surface area (Å²) < 4.78 is 6.24. The highest BCUT2D eigenvalue weighted by molar-refractivity contribution is 9.10. The Bertz CT molecular complexity index is 658.